The van der Waals surface area contributed by atoms with Gasteiger partial charge in [-0.3, -0.25) is 9.59 Å². The first-order valence-corrected chi connectivity index (χ1v) is 10.6. The lowest BCUT2D eigenvalue weighted by Crippen LogP contribution is -2.50. The minimum Gasteiger partial charge on any atom is -0.442 e. The molecule has 168 valence electrons. The van der Waals surface area contributed by atoms with Gasteiger partial charge in [-0.15, -0.1) is 0 Å². The maximum absolute atomic E-state index is 12.3. The van der Waals surface area contributed by atoms with E-state index in [1.807, 2.05) is 13.0 Å². The zero-order chi connectivity index (χ0) is 22.1. The van der Waals surface area contributed by atoms with Crippen molar-refractivity contribution in [3.8, 4) is 0 Å². The minimum atomic E-state index is -0.512. The van der Waals surface area contributed by atoms with Gasteiger partial charge in [-0.25, -0.2) is 4.79 Å². The van der Waals surface area contributed by atoms with Crippen LogP contribution in [0.4, 0.5) is 4.79 Å². The van der Waals surface area contributed by atoms with Crippen LogP contribution in [0.3, 0.4) is 0 Å². The van der Waals surface area contributed by atoms with E-state index in [9.17, 15) is 14.4 Å². The summed E-state index contributed by atoms with van der Waals surface area (Å²) in [6, 6.07) is -0.101. The maximum Gasteiger partial charge on any atom is 0.410 e. The summed E-state index contributed by atoms with van der Waals surface area (Å²) in [5.74, 6) is 0.00616. The summed E-state index contributed by atoms with van der Waals surface area (Å²) < 4.78 is 16.6. The lowest BCUT2D eigenvalue weighted by atomic mass is 9.88. The number of nitrogens with zero attached hydrogens (tertiary/aromatic N) is 1. The number of amides is 2. The van der Waals surface area contributed by atoms with Crippen molar-refractivity contribution in [3.63, 3.8) is 0 Å². The van der Waals surface area contributed by atoms with Crippen LogP contribution in [0.2, 0.25) is 0 Å². The van der Waals surface area contributed by atoms with Crippen LogP contribution in [0.25, 0.3) is 0 Å². The number of hydrogen-bond acceptors (Lipinski definition) is 6. The van der Waals surface area contributed by atoms with Crippen LogP contribution in [0, 0.1) is 5.92 Å². The fraction of sp³-hybridized carbons (Fsp3) is 0.682. The Bertz CT molecular complexity index is 656. The molecule has 2 rings (SSSR count). The Kier molecular flexibility index (Phi) is 9.52. The highest BCUT2D eigenvalue weighted by Gasteiger charge is 2.33. The molecular weight excluding hydrogens is 388 g/mol. The summed E-state index contributed by atoms with van der Waals surface area (Å²) in [4.78, 5) is 36.7. The van der Waals surface area contributed by atoms with E-state index >= 15 is 0 Å². The van der Waals surface area contributed by atoms with Gasteiger partial charge in [-0.2, -0.15) is 0 Å². The third-order valence-corrected chi connectivity index (χ3v) is 5.48. The molecule has 8 heteroatoms. The van der Waals surface area contributed by atoms with Gasteiger partial charge in [0.1, 0.15) is 12.4 Å². The Labute approximate surface area is 178 Å². The number of carbonyl (C=O) groups is 3. The number of morpholine rings is 1. The van der Waals surface area contributed by atoms with E-state index in [2.05, 4.69) is 12.2 Å². The van der Waals surface area contributed by atoms with Gasteiger partial charge in [0.15, 0.2) is 0 Å². The smallest absolute Gasteiger partial charge is 0.410 e. The molecule has 0 bridgehead atoms. The average molecular weight is 423 g/mol. The monoisotopic (exact) mass is 422 g/mol. The topological polar surface area (TPSA) is 94.2 Å². The number of rotatable bonds is 7. The maximum atomic E-state index is 12.3. The molecule has 30 heavy (non-hydrogen) atoms. The molecule has 0 spiro atoms. The number of aldehydes is 1. The average Bonchev–Trinajstić information content (AvgIpc) is 2.74. The van der Waals surface area contributed by atoms with E-state index in [-0.39, 0.29) is 30.1 Å². The van der Waals surface area contributed by atoms with Crippen LogP contribution >= 0.6 is 0 Å². The first kappa shape index (κ1) is 24.1. The van der Waals surface area contributed by atoms with E-state index in [4.69, 9.17) is 14.2 Å². The summed E-state index contributed by atoms with van der Waals surface area (Å²) >= 11 is 0. The highest BCUT2D eigenvalue weighted by Crippen LogP contribution is 2.27. The van der Waals surface area contributed by atoms with E-state index in [0.717, 1.165) is 12.7 Å². The summed E-state index contributed by atoms with van der Waals surface area (Å²) in [6.45, 7) is 9.57. The van der Waals surface area contributed by atoms with Gasteiger partial charge >= 0.3 is 6.09 Å². The zero-order valence-electron chi connectivity index (χ0n) is 18.3. The van der Waals surface area contributed by atoms with Crippen LogP contribution in [-0.4, -0.2) is 73.8 Å². The molecule has 0 aliphatic carbocycles. The summed E-state index contributed by atoms with van der Waals surface area (Å²) in [7, 11) is 0. The van der Waals surface area contributed by atoms with Gasteiger partial charge in [0, 0.05) is 19.2 Å². The van der Waals surface area contributed by atoms with Crippen LogP contribution in [0.5, 0.6) is 0 Å². The SMILES string of the molecule is C/C(C=O)=C\C[C@@H]1O[C@H](C)[C@H](NC(=O)/C=C\[C@H](C)OC(=O)N2CCOCC2)C[C@@H]1C. The van der Waals surface area contributed by atoms with Crippen molar-refractivity contribution in [2.75, 3.05) is 26.3 Å². The third kappa shape index (κ3) is 7.57. The first-order chi connectivity index (χ1) is 14.3. The highest BCUT2D eigenvalue weighted by atomic mass is 16.6. The predicted octanol–water partition coefficient (Wildman–Crippen LogP) is 2.23. The normalized spacial score (nSPS) is 28.8. The summed E-state index contributed by atoms with van der Waals surface area (Å²) in [5.41, 5.74) is 0.697. The fourth-order valence-electron chi connectivity index (χ4n) is 3.54. The van der Waals surface area contributed by atoms with Crippen molar-refractivity contribution in [2.24, 2.45) is 5.92 Å². The van der Waals surface area contributed by atoms with Crippen LogP contribution < -0.4 is 5.32 Å². The largest absolute Gasteiger partial charge is 0.442 e. The number of carbonyl (C=O) groups excluding carboxylic acids is 3. The van der Waals surface area contributed by atoms with Gasteiger partial charge in [0.25, 0.3) is 0 Å². The van der Waals surface area contributed by atoms with E-state index in [0.29, 0.717) is 38.3 Å². The lowest BCUT2D eigenvalue weighted by molar-refractivity contribution is -0.123. The van der Waals surface area contributed by atoms with E-state index in [1.165, 1.54) is 6.08 Å². The third-order valence-electron chi connectivity index (χ3n) is 5.48. The lowest BCUT2D eigenvalue weighted by Gasteiger charge is -2.39. The Hall–Kier alpha value is -2.19. The number of allylic oxidation sites excluding steroid dienone is 1. The van der Waals surface area contributed by atoms with Crippen LogP contribution in [0.15, 0.2) is 23.8 Å². The van der Waals surface area contributed by atoms with Crippen LogP contribution in [-0.2, 0) is 23.8 Å². The molecule has 2 saturated heterocycles. The Morgan fingerprint density at radius 3 is 2.63 bits per heavy atom. The molecule has 0 saturated carbocycles. The predicted molar refractivity (Wildman–Crippen MR) is 112 cm³/mol. The van der Waals surface area contributed by atoms with Crippen molar-refractivity contribution < 1.29 is 28.6 Å². The number of ether oxygens (including phenoxy) is 3. The molecule has 0 aromatic rings. The molecule has 0 unspecified atom stereocenters. The van der Waals surface area contributed by atoms with Crippen molar-refractivity contribution >= 4 is 18.3 Å². The minimum absolute atomic E-state index is 0.0261. The van der Waals surface area contributed by atoms with Crippen molar-refractivity contribution in [1.82, 2.24) is 10.2 Å². The quantitative estimate of drug-likeness (QED) is 0.499. The number of nitrogens with one attached hydrogen (secondary N) is 1. The molecule has 8 nitrogen and oxygen atoms in total. The molecule has 2 aliphatic heterocycles. The van der Waals surface area contributed by atoms with Gasteiger partial charge < -0.3 is 24.4 Å². The van der Waals surface area contributed by atoms with E-state index in [1.54, 1.807) is 24.8 Å². The van der Waals surface area contributed by atoms with Crippen molar-refractivity contribution in [1.29, 1.82) is 0 Å². The highest BCUT2D eigenvalue weighted by molar-refractivity contribution is 5.87. The van der Waals surface area contributed by atoms with Gasteiger partial charge in [-0.05, 0) is 51.2 Å². The second-order valence-corrected chi connectivity index (χ2v) is 8.06. The first-order valence-electron chi connectivity index (χ1n) is 10.6. The molecule has 5 atom stereocenters. The molecule has 0 radical (unpaired) electrons. The standard InChI is InChI=1S/C22H34N2O6/c1-15(14-25)5-7-20-16(2)13-19(18(4)30-20)23-21(26)8-6-17(3)29-22(27)24-9-11-28-12-10-24/h5-6,8,14,16-20H,7,9-13H2,1-4H3,(H,23,26)/b8-6-,15-5+/t16-,17-,18+,19+,20-/m0/s1. The van der Waals surface area contributed by atoms with Crippen molar-refractivity contribution in [3.05, 3.63) is 23.8 Å². The molecule has 0 aromatic carbocycles. The van der Waals surface area contributed by atoms with Crippen LogP contribution in [0.1, 0.15) is 40.5 Å². The van der Waals surface area contributed by atoms with Gasteiger partial charge in [0.05, 0.1) is 31.5 Å². The second kappa shape index (κ2) is 11.9. The molecule has 2 fully saturated rings. The molecule has 0 aromatic heterocycles. The van der Waals surface area contributed by atoms with Gasteiger partial charge in [0.2, 0.25) is 5.91 Å². The van der Waals surface area contributed by atoms with E-state index < -0.39 is 12.2 Å². The molecule has 2 amide bonds. The molecule has 2 aliphatic rings. The fourth-order valence-corrected chi connectivity index (χ4v) is 3.54. The number of hydrogen-bond donors (Lipinski definition) is 1. The molecule has 2 heterocycles. The Morgan fingerprint density at radius 2 is 1.97 bits per heavy atom. The zero-order valence-corrected chi connectivity index (χ0v) is 18.3. The summed E-state index contributed by atoms with van der Waals surface area (Å²) in [5, 5.41) is 2.98. The molecular formula is C22H34N2O6. The van der Waals surface area contributed by atoms with Gasteiger partial charge in [-0.1, -0.05) is 13.0 Å². The molecule has 1 N–H and O–H groups in total. The Morgan fingerprint density at radius 1 is 1.27 bits per heavy atom. The second-order valence-electron chi connectivity index (χ2n) is 8.06. The van der Waals surface area contributed by atoms with Crippen molar-refractivity contribution in [2.45, 2.75) is 64.9 Å². The Balaban J connectivity index is 1.78. The summed E-state index contributed by atoms with van der Waals surface area (Å²) in [6.07, 6.45) is 6.16.